The quantitative estimate of drug-likeness (QED) is 0.632. The summed E-state index contributed by atoms with van der Waals surface area (Å²) >= 11 is 0. The molecule has 142 valence electrons. The first-order chi connectivity index (χ1) is 12.8. The van der Waals surface area contributed by atoms with Crippen LogP contribution in [0.4, 0.5) is 0 Å². The van der Waals surface area contributed by atoms with E-state index in [1.54, 1.807) is 24.5 Å². The number of nitrogens with zero attached hydrogens (tertiary/aromatic N) is 2. The number of fused-ring (bicyclic) bond motifs is 1. The maximum absolute atomic E-state index is 12.5. The first kappa shape index (κ1) is 18.8. The molecule has 10 heteroatoms. The number of nitrogens with one attached hydrogen (secondary N) is 2. The van der Waals surface area contributed by atoms with Crippen LogP contribution in [-0.2, 0) is 28.4 Å². The first-order valence-electron chi connectivity index (χ1n) is 8.06. The molecule has 0 spiro atoms. The van der Waals surface area contributed by atoms with Crippen LogP contribution in [0.15, 0.2) is 56.8 Å². The Morgan fingerprint density at radius 3 is 2.81 bits per heavy atom. The zero-order chi connectivity index (χ0) is 19.6. The molecule has 0 radical (unpaired) electrons. The Bertz CT molecular complexity index is 1140. The van der Waals surface area contributed by atoms with Crippen molar-refractivity contribution >= 4 is 27.0 Å². The number of carbonyl (C=O) groups excluding carboxylic acids is 1. The number of hydrogen-bond acceptors (Lipinski definition) is 6. The van der Waals surface area contributed by atoms with Gasteiger partial charge >= 0.3 is 5.76 Å². The molecule has 0 aliphatic heterocycles. The monoisotopic (exact) mass is 390 g/mol. The highest BCUT2D eigenvalue weighted by atomic mass is 32.2. The van der Waals surface area contributed by atoms with Crippen molar-refractivity contribution in [2.45, 2.75) is 24.4 Å². The van der Waals surface area contributed by atoms with Crippen molar-refractivity contribution in [3.63, 3.8) is 0 Å². The first-order valence-corrected chi connectivity index (χ1v) is 9.55. The molecule has 1 atom stereocenters. The second kappa shape index (κ2) is 7.33. The second-order valence-corrected chi connectivity index (χ2v) is 7.69. The molecule has 3 rings (SSSR count). The summed E-state index contributed by atoms with van der Waals surface area (Å²) in [5, 5.41) is 2.64. The van der Waals surface area contributed by atoms with Crippen LogP contribution in [0.3, 0.4) is 0 Å². The third kappa shape index (κ3) is 4.07. The van der Waals surface area contributed by atoms with Gasteiger partial charge in [-0.05, 0) is 30.7 Å². The lowest BCUT2D eigenvalue weighted by atomic mass is 10.2. The van der Waals surface area contributed by atoms with Gasteiger partial charge in [-0.3, -0.25) is 14.3 Å². The molecule has 0 saturated carbocycles. The molecule has 27 heavy (non-hydrogen) atoms. The number of sulfonamides is 1. The summed E-state index contributed by atoms with van der Waals surface area (Å²) in [4.78, 5) is 27.5. The number of amides is 1. The topological polar surface area (TPSA) is 123 Å². The molecule has 2 N–H and O–H groups in total. The Hall–Kier alpha value is -2.98. The van der Waals surface area contributed by atoms with Gasteiger partial charge in [-0.1, -0.05) is 6.07 Å². The van der Waals surface area contributed by atoms with Crippen molar-refractivity contribution in [2.75, 3.05) is 0 Å². The van der Waals surface area contributed by atoms with Gasteiger partial charge in [0.15, 0.2) is 5.58 Å². The number of aromatic nitrogens is 2. The lowest BCUT2D eigenvalue weighted by molar-refractivity contribution is -0.122. The SMILES string of the molecule is C[C@H](NS(=O)(=O)c1ccc2c(c1)oc(=O)n2C)C(=O)NCc1cccnc1. The van der Waals surface area contributed by atoms with Crippen LogP contribution in [0, 0.1) is 0 Å². The number of hydrogen-bond donors (Lipinski definition) is 2. The molecular formula is C17H18N4O5S. The fraction of sp³-hybridized carbons (Fsp3) is 0.235. The van der Waals surface area contributed by atoms with E-state index in [2.05, 4.69) is 15.0 Å². The van der Waals surface area contributed by atoms with Crippen LogP contribution in [0.25, 0.3) is 11.1 Å². The van der Waals surface area contributed by atoms with Crippen LogP contribution in [-0.4, -0.2) is 29.9 Å². The van der Waals surface area contributed by atoms with Gasteiger partial charge in [0.05, 0.1) is 16.5 Å². The maximum Gasteiger partial charge on any atom is 0.419 e. The highest BCUT2D eigenvalue weighted by molar-refractivity contribution is 7.89. The molecule has 0 unspecified atom stereocenters. The molecule has 0 bridgehead atoms. The third-order valence-corrected chi connectivity index (χ3v) is 5.53. The molecule has 2 aromatic heterocycles. The Morgan fingerprint density at radius 2 is 2.11 bits per heavy atom. The molecule has 0 aliphatic rings. The minimum atomic E-state index is -3.98. The summed E-state index contributed by atoms with van der Waals surface area (Å²) in [5.41, 5.74) is 1.42. The van der Waals surface area contributed by atoms with Crippen molar-refractivity contribution in [3.05, 3.63) is 58.8 Å². The summed E-state index contributed by atoms with van der Waals surface area (Å²) in [6.07, 6.45) is 3.23. The van der Waals surface area contributed by atoms with Gasteiger partial charge in [-0.15, -0.1) is 0 Å². The van der Waals surface area contributed by atoms with E-state index < -0.39 is 27.7 Å². The fourth-order valence-corrected chi connectivity index (χ4v) is 3.70. The number of rotatable bonds is 6. The lowest BCUT2D eigenvalue weighted by Gasteiger charge is -2.14. The van der Waals surface area contributed by atoms with Gasteiger partial charge in [0.2, 0.25) is 15.9 Å². The summed E-state index contributed by atoms with van der Waals surface area (Å²) in [6.45, 7) is 1.68. The smallest absolute Gasteiger partial charge is 0.408 e. The molecule has 2 heterocycles. The van der Waals surface area contributed by atoms with Crippen LogP contribution in [0.2, 0.25) is 0 Å². The Kier molecular flexibility index (Phi) is 5.10. The normalized spacial score (nSPS) is 12.8. The lowest BCUT2D eigenvalue weighted by Crippen LogP contribution is -2.44. The summed E-state index contributed by atoms with van der Waals surface area (Å²) in [7, 11) is -2.45. The van der Waals surface area contributed by atoms with E-state index in [1.165, 1.54) is 36.7 Å². The van der Waals surface area contributed by atoms with E-state index in [1.807, 2.05) is 0 Å². The highest BCUT2D eigenvalue weighted by Crippen LogP contribution is 2.18. The number of pyridine rings is 1. The zero-order valence-electron chi connectivity index (χ0n) is 14.7. The van der Waals surface area contributed by atoms with E-state index in [-0.39, 0.29) is 17.0 Å². The minimum Gasteiger partial charge on any atom is -0.408 e. The maximum atomic E-state index is 12.5. The number of aryl methyl sites for hydroxylation is 1. The van der Waals surface area contributed by atoms with Gasteiger partial charge in [-0.2, -0.15) is 4.72 Å². The van der Waals surface area contributed by atoms with Crippen LogP contribution in [0.1, 0.15) is 12.5 Å². The number of oxazole rings is 1. The number of carbonyl (C=O) groups is 1. The fourth-order valence-electron chi connectivity index (χ4n) is 2.48. The average molecular weight is 390 g/mol. The summed E-state index contributed by atoms with van der Waals surface area (Å²) < 4.78 is 33.6. The van der Waals surface area contributed by atoms with Gasteiger partial charge in [-0.25, -0.2) is 13.2 Å². The minimum absolute atomic E-state index is 0.101. The van der Waals surface area contributed by atoms with Crippen LogP contribution < -0.4 is 15.8 Å². The molecule has 0 aliphatic carbocycles. The highest BCUT2D eigenvalue weighted by Gasteiger charge is 2.23. The van der Waals surface area contributed by atoms with Gasteiger partial charge in [0.25, 0.3) is 0 Å². The van der Waals surface area contributed by atoms with Gasteiger partial charge < -0.3 is 9.73 Å². The van der Waals surface area contributed by atoms with Crippen LogP contribution >= 0.6 is 0 Å². The Balaban J connectivity index is 1.71. The largest absolute Gasteiger partial charge is 0.419 e. The molecule has 3 aromatic rings. The Labute approximate surface area is 155 Å². The van der Waals surface area contributed by atoms with Crippen molar-refractivity contribution in [1.29, 1.82) is 0 Å². The van der Waals surface area contributed by atoms with E-state index in [0.29, 0.717) is 5.52 Å². The zero-order valence-corrected chi connectivity index (χ0v) is 15.5. The molecule has 1 amide bonds. The number of benzene rings is 1. The van der Waals surface area contributed by atoms with Crippen molar-refractivity contribution < 1.29 is 17.6 Å². The van der Waals surface area contributed by atoms with Crippen molar-refractivity contribution in [2.24, 2.45) is 7.05 Å². The third-order valence-electron chi connectivity index (χ3n) is 3.99. The summed E-state index contributed by atoms with van der Waals surface area (Å²) in [6, 6.07) is 6.61. The second-order valence-electron chi connectivity index (χ2n) is 5.98. The Morgan fingerprint density at radius 1 is 1.33 bits per heavy atom. The molecule has 1 aromatic carbocycles. The van der Waals surface area contributed by atoms with E-state index in [4.69, 9.17) is 4.42 Å². The van der Waals surface area contributed by atoms with Crippen molar-refractivity contribution in [3.8, 4) is 0 Å². The van der Waals surface area contributed by atoms with E-state index in [0.717, 1.165) is 5.56 Å². The standard InChI is InChI=1S/C17H18N4O5S/c1-11(16(22)19-10-12-4-3-7-18-9-12)20-27(24,25)13-5-6-14-15(8-13)26-17(23)21(14)2/h3-9,11,20H,10H2,1-2H3,(H,19,22)/t11-/m0/s1. The predicted octanol–water partition coefficient (Wildman–Crippen LogP) is 0.510. The average Bonchev–Trinajstić information content (AvgIpc) is 2.93. The van der Waals surface area contributed by atoms with Gasteiger partial charge in [0.1, 0.15) is 0 Å². The molecule has 9 nitrogen and oxygen atoms in total. The molecule has 0 fully saturated rings. The van der Waals surface area contributed by atoms with E-state index in [9.17, 15) is 18.0 Å². The molecule has 0 saturated heterocycles. The van der Waals surface area contributed by atoms with Crippen LogP contribution in [0.5, 0.6) is 0 Å². The predicted molar refractivity (Wildman–Crippen MR) is 97.3 cm³/mol. The summed E-state index contributed by atoms with van der Waals surface area (Å²) in [5.74, 6) is -1.06. The molecular weight excluding hydrogens is 372 g/mol. The van der Waals surface area contributed by atoms with Crippen molar-refractivity contribution in [1.82, 2.24) is 19.6 Å². The van der Waals surface area contributed by atoms with E-state index >= 15 is 0 Å². The van der Waals surface area contributed by atoms with Gasteiger partial charge in [0, 0.05) is 32.1 Å².